The van der Waals surface area contributed by atoms with E-state index in [1.165, 1.54) is 4.57 Å². The first-order chi connectivity index (χ1) is 14.3. The van der Waals surface area contributed by atoms with Crippen molar-refractivity contribution in [3.63, 3.8) is 0 Å². The fourth-order valence-electron chi connectivity index (χ4n) is 2.66. The Bertz CT molecular complexity index is 1180. The lowest BCUT2D eigenvalue weighted by Crippen LogP contribution is -2.35. The molecule has 7 nitrogen and oxygen atoms in total. The van der Waals surface area contributed by atoms with E-state index in [0.717, 1.165) is 17.2 Å². The molecule has 11 heteroatoms. The highest BCUT2D eigenvalue weighted by Gasteiger charge is 2.16. The van der Waals surface area contributed by atoms with Gasteiger partial charge in [0.25, 0.3) is 0 Å². The molecule has 3 aromatic rings. The highest BCUT2D eigenvalue weighted by molar-refractivity contribution is 7.71. The van der Waals surface area contributed by atoms with Gasteiger partial charge < -0.3 is 10.6 Å². The summed E-state index contributed by atoms with van der Waals surface area (Å²) in [6.07, 6.45) is 0. The molecule has 0 aliphatic heterocycles. The van der Waals surface area contributed by atoms with Crippen LogP contribution < -0.4 is 10.6 Å². The van der Waals surface area contributed by atoms with Crippen molar-refractivity contribution < 1.29 is 22.8 Å². The van der Waals surface area contributed by atoms with Crippen LogP contribution in [-0.2, 0) is 16.1 Å². The zero-order valence-corrected chi connectivity index (χ0v) is 16.4. The van der Waals surface area contributed by atoms with E-state index in [0.29, 0.717) is 11.9 Å². The second kappa shape index (κ2) is 8.91. The van der Waals surface area contributed by atoms with E-state index in [1.807, 2.05) is 31.2 Å². The minimum absolute atomic E-state index is 0.217. The Morgan fingerprint density at radius 2 is 1.90 bits per heavy atom. The molecule has 0 bridgehead atoms. The van der Waals surface area contributed by atoms with Crippen molar-refractivity contribution in [2.75, 3.05) is 11.9 Å². The predicted octanol–water partition coefficient (Wildman–Crippen LogP) is 3.09. The van der Waals surface area contributed by atoms with Gasteiger partial charge in [0.2, 0.25) is 11.8 Å². The van der Waals surface area contributed by atoms with Gasteiger partial charge in [-0.25, -0.2) is 13.2 Å². The second-order valence-electron chi connectivity index (χ2n) is 6.36. The number of halogens is 3. The number of carbonyl (C=O) groups excluding carboxylic acids is 2. The summed E-state index contributed by atoms with van der Waals surface area (Å²) in [6, 6.07) is 9.01. The van der Waals surface area contributed by atoms with E-state index >= 15 is 0 Å². The maximum absolute atomic E-state index is 13.6. The molecule has 1 aromatic heterocycles. The fraction of sp³-hybridized carbons (Fsp3) is 0.158. The zero-order valence-electron chi connectivity index (χ0n) is 15.6. The van der Waals surface area contributed by atoms with Crippen molar-refractivity contribution in [3.8, 4) is 11.4 Å². The van der Waals surface area contributed by atoms with E-state index in [9.17, 15) is 22.8 Å². The third-order valence-electron chi connectivity index (χ3n) is 4.09. The molecule has 0 unspecified atom stereocenters. The summed E-state index contributed by atoms with van der Waals surface area (Å²) in [7, 11) is 0. The molecule has 0 spiro atoms. The van der Waals surface area contributed by atoms with Gasteiger partial charge in [-0.3, -0.25) is 19.3 Å². The molecular weight excluding hydrogens is 419 g/mol. The van der Waals surface area contributed by atoms with Crippen molar-refractivity contribution in [3.05, 3.63) is 64.2 Å². The van der Waals surface area contributed by atoms with Crippen LogP contribution in [0.3, 0.4) is 0 Å². The summed E-state index contributed by atoms with van der Waals surface area (Å²) in [5.74, 6) is -5.52. The molecular formula is C19H16F3N5O2S. The maximum Gasteiger partial charge on any atom is 0.243 e. The number of rotatable bonds is 6. The van der Waals surface area contributed by atoms with Crippen LogP contribution in [0.4, 0.5) is 18.9 Å². The molecule has 30 heavy (non-hydrogen) atoms. The number of H-pyrrole nitrogens is 1. The average molecular weight is 435 g/mol. The molecule has 0 aliphatic rings. The highest BCUT2D eigenvalue weighted by atomic mass is 32.1. The Hall–Kier alpha value is -3.47. The van der Waals surface area contributed by atoms with Gasteiger partial charge in [-0.15, -0.1) is 0 Å². The fourth-order valence-corrected chi connectivity index (χ4v) is 2.86. The lowest BCUT2D eigenvalue weighted by molar-refractivity contribution is -0.124. The maximum atomic E-state index is 13.6. The Morgan fingerprint density at radius 3 is 2.63 bits per heavy atom. The van der Waals surface area contributed by atoms with Gasteiger partial charge in [0.15, 0.2) is 28.0 Å². The number of benzene rings is 2. The number of carbonyl (C=O) groups is 2. The summed E-state index contributed by atoms with van der Waals surface area (Å²) in [5.41, 5.74) is 1.21. The quantitative estimate of drug-likeness (QED) is 0.410. The van der Waals surface area contributed by atoms with Gasteiger partial charge in [0.05, 0.1) is 12.2 Å². The SMILES string of the molecule is Cc1cccc(-c2n[nH]c(=S)n2CC(=O)NCC(=O)Nc2ccc(F)c(F)c2F)c1. The Labute approximate surface area is 173 Å². The molecule has 2 aromatic carbocycles. The van der Waals surface area contributed by atoms with Crippen LogP contribution in [0.5, 0.6) is 0 Å². The molecule has 2 amide bonds. The number of anilines is 1. The molecule has 156 valence electrons. The third kappa shape index (κ3) is 4.74. The predicted molar refractivity (Wildman–Crippen MR) is 106 cm³/mol. The van der Waals surface area contributed by atoms with Gasteiger partial charge in [-0.2, -0.15) is 5.10 Å². The number of aromatic amines is 1. The number of hydrogen-bond acceptors (Lipinski definition) is 4. The van der Waals surface area contributed by atoms with E-state index in [4.69, 9.17) is 12.2 Å². The van der Waals surface area contributed by atoms with Crippen LogP contribution in [-0.4, -0.2) is 33.1 Å². The first-order valence-corrected chi connectivity index (χ1v) is 9.09. The van der Waals surface area contributed by atoms with E-state index in [-0.39, 0.29) is 11.3 Å². The topological polar surface area (TPSA) is 91.8 Å². The number of amides is 2. The summed E-state index contributed by atoms with van der Waals surface area (Å²) >= 11 is 5.16. The average Bonchev–Trinajstić information content (AvgIpc) is 3.07. The van der Waals surface area contributed by atoms with Crippen LogP contribution in [0.2, 0.25) is 0 Å². The standard InChI is InChI=1S/C19H16F3N5O2S/c1-10-3-2-4-11(7-10)18-25-26-19(30)27(18)9-15(29)23-8-14(28)24-13-6-5-12(20)16(21)17(13)22/h2-7H,8-9H2,1H3,(H,23,29)(H,24,28)(H,26,30). The molecule has 1 heterocycles. The van der Waals surface area contributed by atoms with Crippen molar-refractivity contribution in [1.29, 1.82) is 0 Å². The summed E-state index contributed by atoms with van der Waals surface area (Å²) < 4.78 is 41.4. The normalized spacial score (nSPS) is 10.7. The monoisotopic (exact) mass is 435 g/mol. The van der Waals surface area contributed by atoms with E-state index in [1.54, 1.807) is 0 Å². The summed E-state index contributed by atoms with van der Waals surface area (Å²) in [5, 5.41) is 11.2. The number of hydrogen-bond donors (Lipinski definition) is 3. The Kier molecular flexibility index (Phi) is 6.31. The highest BCUT2D eigenvalue weighted by Crippen LogP contribution is 2.20. The van der Waals surface area contributed by atoms with Gasteiger partial charge >= 0.3 is 0 Å². The number of aryl methyl sites for hydroxylation is 1. The smallest absolute Gasteiger partial charge is 0.243 e. The van der Waals surface area contributed by atoms with Gasteiger partial charge in [-0.1, -0.05) is 23.8 Å². The molecule has 0 atom stereocenters. The van der Waals surface area contributed by atoms with Crippen LogP contribution >= 0.6 is 12.2 Å². The van der Waals surface area contributed by atoms with Crippen molar-refractivity contribution >= 4 is 29.7 Å². The number of nitrogens with one attached hydrogen (secondary N) is 3. The lowest BCUT2D eigenvalue weighted by atomic mass is 10.1. The second-order valence-corrected chi connectivity index (χ2v) is 6.74. The van der Waals surface area contributed by atoms with Gasteiger partial charge in [0, 0.05) is 5.56 Å². The third-order valence-corrected chi connectivity index (χ3v) is 4.40. The van der Waals surface area contributed by atoms with Crippen LogP contribution in [0, 0.1) is 29.1 Å². The largest absolute Gasteiger partial charge is 0.345 e. The molecule has 0 fully saturated rings. The van der Waals surface area contributed by atoms with Crippen molar-refractivity contribution in [2.45, 2.75) is 13.5 Å². The molecule has 0 saturated carbocycles. The Balaban J connectivity index is 1.63. The zero-order chi connectivity index (χ0) is 21.8. The molecule has 3 rings (SSSR count). The van der Waals surface area contributed by atoms with Gasteiger partial charge in [-0.05, 0) is 37.3 Å². The van der Waals surface area contributed by atoms with Crippen LogP contribution in [0.15, 0.2) is 36.4 Å². The lowest BCUT2D eigenvalue weighted by Gasteiger charge is -2.10. The summed E-state index contributed by atoms with van der Waals surface area (Å²) in [4.78, 5) is 24.2. The van der Waals surface area contributed by atoms with Gasteiger partial charge in [0.1, 0.15) is 6.54 Å². The van der Waals surface area contributed by atoms with Crippen LogP contribution in [0.25, 0.3) is 11.4 Å². The van der Waals surface area contributed by atoms with E-state index < -0.39 is 41.5 Å². The number of aromatic nitrogens is 3. The van der Waals surface area contributed by atoms with E-state index in [2.05, 4.69) is 20.8 Å². The molecule has 0 aliphatic carbocycles. The summed E-state index contributed by atoms with van der Waals surface area (Å²) in [6.45, 7) is 1.18. The van der Waals surface area contributed by atoms with Crippen molar-refractivity contribution in [2.24, 2.45) is 0 Å². The minimum atomic E-state index is -1.70. The minimum Gasteiger partial charge on any atom is -0.345 e. The molecule has 0 radical (unpaired) electrons. The molecule has 3 N–H and O–H groups in total. The Morgan fingerprint density at radius 1 is 1.13 bits per heavy atom. The molecule has 0 saturated heterocycles. The van der Waals surface area contributed by atoms with Crippen molar-refractivity contribution in [1.82, 2.24) is 20.1 Å². The number of nitrogens with zero attached hydrogens (tertiary/aromatic N) is 2. The van der Waals surface area contributed by atoms with Crippen LogP contribution in [0.1, 0.15) is 5.56 Å². The first kappa shape index (κ1) is 21.2. The first-order valence-electron chi connectivity index (χ1n) is 8.68.